The van der Waals surface area contributed by atoms with Crippen molar-refractivity contribution in [3.8, 4) is 28.7 Å². The Morgan fingerprint density at radius 1 is 0.969 bits per heavy atom. The highest BCUT2D eigenvalue weighted by atomic mass is 32.2. The van der Waals surface area contributed by atoms with Crippen LogP contribution in [0.5, 0.6) is 17.2 Å². The van der Waals surface area contributed by atoms with Crippen molar-refractivity contribution >= 4 is 21.8 Å². The van der Waals surface area contributed by atoms with E-state index in [1.807, 2.05) is 0 Å². The predicted molar refractivity (Wildman–Crippen MR) is 116 cm³/mol. The summed E-state index contributed by atoms with van der Waals surface area (Å²) in [5, 5.41) is 9.71. The molecular formula is C21H23N3O7S. The lowest BCUT2D eigenvalue weighted by atomic mass is 10.2. The largest absolute Gasteiger partial charge is 0.493 e. The summed E-state index contributed by atoms with van der Waals surface area (Å²) in [6.07, 6.45) is 0. The average Bonchev–Trinajstić information content (AvgIpc) is 3.26. The van der Waals surface area contributed by atoms with Crippen LogP contribution in [0, 0.1) is 0 Å². The molecule has 1 heterocycles. The van der Waals surface area contributed by atoms with Gasteiger partial charge in [-0.05, 0) is 50.2 Å². The molecule has 0 fully saturated rings. The molecule has 32 heavy (non-hydrogen) atoms. The third-order valence-electron chi connectivity index (χ3n) is 4.62. The molecule has 0 spiro atoms. The van der Waals surface area contributed by atoms with E-state index in [1.165, 1.54) is 45.6 Å². The van der Waals surface area contributed by atoms with E-state index in [1.54, 1.807) is 26.0 Å². The summed E-state index contributed by atoms with van der Waals surface area (Å²) < 4.78 is 45.9. The first-order chi connectivity index (χ1) is 15.2. The van der Waals surface area contributed by atoms with Gasteiger partial charge in [0.15, 0.2) is 21.3 Å². The number of amides is 1. The van der Waals surface area contributed by atoms with E-state index in [0.29, 0.717) is 22.8 Å². The minimum Gasteiger partial charge on any atom is -0.493 e. The van der Waals surface area contributed by atoms with Crippen LogP contribution < -0.4 is 19.5 Å². The number of aromatic nitrogens is 2. The van der Waals surface area contributed by atoms with Gasteiger partial charge in [0, 0.05) is 11.1 Å². The van der Waals surface area contributed by atoms with Crippen molar-refractivity contribution < 1.29 is 31.8 Å². The van der Waals surface area contributed by atoms with E-state index in [-0.39, 0.29) is 22.4 Å². The van der Waals surface area contributed by atoms with Crippen LogP contribution in [0.4, 0.5) is 6.01 Å². The number of rotatable bonds is 8. The third kappa shape index (κ3) is 4.52. The van der Waals surface area contributed by atoms with Crippen molar-refractivity contribution in [3.05, 3.63) is 42.0 Å². The summed E-state index contributed by atoms with van der Waals surface area (Å²) in [6.45, 7) is 3.19. The normalized spacial score (nSPS) is 11.3. The molecule has 0 saturated heterocycles. The average molecular weight is 461 g/mol. The van der Waals surface area contributed by atoms with Gasteiger partial charge in [-0.3, -0.25) is 10.1 Å². The number of nitrogens with zero attached hydrogens (tertiary/aromatic N) is 2. The lowest BCUT2D eigenvalue weighted by molar-refractivity contribution is 0.102. The third-order valence-corrected chi connectivity index (χ3v) is 6.79. The fourth-order valence-corrected chi connectivity index (χ4v) is 3.89. The quantitative estimate of drug-likeness (QED) is 0.537. The molecule has 10 nitrogen and oxygen atoms in total. The number of hydrogen-bond donors (Lipinski definition) is 1. The molecule has 2 aromatic carbocycles. The summed E-state index contributed by atoms with van der Waals surface area (Å²) in [5.41, 5.74) is 0.732. The zero-order chi connectivity index (χ0) is 23.5. The van der Waals surface area contributed by atoms with E-state index >= 15 is 0 Å². The second-order valence-corrected chi connectivity index (χ2v) is 9.40. The van der Waals surface area contributed by atoms with Crippen molar-refractivity contribution in [2.45, 2.75) is 24.0 Å². The monoisotopic (exact) mass is 461 g/mol. The van der Waals surface area contributed by atoms with E-state index in [4.69, 9.17) is 18.6 Å². The summed E-state index contributed by atoms with van der Waals surface area (Å²) in [6, 6.07) is 8.75. The Hall–Kier alpha value is -3.60. The summed E-state index contributed by atoms with van der Waals surface area (Å²) in [5.74, 6) is 0.815. The number of ether oxygens (including phenoxy) is 3. The number of sulfone groups is 1. The van der Waals surface area contributed by atoms with Gasteiger partial charge in [0.2, 0.25) is 11.6 Å². The van der Waals surface area contributed by atoms with Gasteiger partial charge in [0.05, 0.1) is 31.5 Å². The molecule has 0 saturated carbocycles. The zero-order valence-electron chi connectivity index (χ0n) is 18.2. The maximum atomic E-state index is 12.5. The van der Waals surface area contributed by atoms with E-state index in [2.05, 4.69) is 15.5 Å². The molecule has 0 radical (unpaired) electrons. The van der Waals surface area contributed by atoms with Crippen LogP contribution >= 0.6 is 0 Å². The van der Waals surface area contributed by atoms with Crippen LogP contribution in [0.3, 0.4) is 0 Å². The van der Waals surface area contributed by atoms with Crippen molar-refractivity contribution in [1.29, 1.82) is 0 Å². The van der Waals surface area contributed by atoms with Crippen LogP contribution in [0.25, 0.3) is 11.5 Å². The molecule has 0 aliphatic rings. The van der Waals surface area contributed by atoms with E-state index in [9.17, 15) is 13.2 Å². The molecule has 0 unspecified atom stereocenters. The number of hydrogen-bond acceptors (Lipinski definition) is 9. The fourth-order valence-electron chi connectivity index (χ4n) is 2.83. The molecule has 0 bridgehead atoms. The van der Waals surface area contributed by atoms with Crippen molar-refractivity contribution in [1.82, 2.24) is 10.2 Å². The SMILES string of the molecule is COc1cc(-c2nnc(NC(=O)c3ccc(S(=O)(=O)C(C)C)cc3)o2)cc(OC)c1OC. The van der Waals surface area contributed by atoms with Gasteiger partial charge in [-0.2, -0.15) is 0 Å². The first-order valence-electron chi connectivity index (χ1n) is 9.50. The molecule has 1 amide bonds. The molecular weight excluding hydrogens is 438 g/mol. The number of carbonyl (C=O) groups excluding carboxylic acids is 1. The number of carbonyl (C=O) groups is 1. The smallest absolute Gasteiger partial charge is 0.322 e. The minimum absolute atomic E-state index is 0.123. The first kappa shape index (κ1) is 23.1. The number of methoxy groups -OCH3 is 3. The lowest BCUT2D eigenvalue weighted by Gasteiger charge is -2.12. The van der Waals surface area contributed by atoms with Gasteiger partial charge < -0.3 is 18.6 Å². The second kappa shape index (κ2) is 9.27. The van der Waals surface area contributed by atoms with Gasteiger partial charge in [0.1, 0.15) is 0 Å². The van der Waals surface area contributed by atoms with Crippen LogP contribution in [0.2, 0.25) is 0 Å². The fraction of sp³-hybridized carbons (Fsp3) is 0.286. The van der Waals surface area contributed by atoms with Crippen LogP contribution in [0.1, 0.15) is 24.2 Å². The van der Waals surface area contributed by atoms with Crippen molar-refractivity contribution in [3.63, 3.8) is 0 Å². The Labute approximate surface area is 185 Å². The second-order valence-electron chi connectivity index (χ2n) is 6.90. The Kier molecular flexibility index (Phi) is 6.68. The Morgan fingerprint density at radius 3 is 2.06 bits per heavy atom. The lowest BCUT2D eigenvalue weighted by Crippen LogP contribution is -2.15. The van der Waals surface area contributed by atoms with Crippen LogP contribution in [0.15, 0.2) is 45.7 Å². The van der Waals surface area contributed by atoms with Crippen LogP contribution in [-0.4, -0.2) is 51.1 Å². The standard InChI is InChI=1S/C21H23N3O7S/c1-12(2)32(26,27)15-8-6-13(7-9-15)19(25)22-21-24-23-20(31-21)14-10-16(28-3)18(30-5)17(11-14)29-4/h6-12H,1-5H3,(H,22,24,25). The Morgan fingerprint density at radius 2 is 1.56 bits per heavy atom. The van der Waals surface area contributed by atoms with Gasteiger partial charge >= 0.3 is 6.01 Å². The maximum Gasteiger partial charge on any atom is 0.322 e. The molecule has 3 aromatic rings. The van der Waals surface area contributed by atoms with Gasteiger partial charge in [-0.15, -0.1) is 5.10 Å². The first-order valence-corrected chi connectivity index (χ1v) is 11.0. The zero-order valence-corrected chi connectivity index (χ0v) is 19.0. The molecule has 170 valence electrons. The molecule has 3 rings (SSSR count). The summed E-state index contributed by atoms with van der Waals surface area (Å²) >= 11 is 0. The molecule has 1 N–H and O–H groups in total. The van der Waals surface area contributed by atoms with Crippen molar-refractivity contribution in [2.24, 2.45) is 0 Å². The van der Waals surface area contributed by atoms with E-state index in [0.717, 1.165) is 0 Å². The highest BCUT2D eigenvalue weighted by Crippen LogP contribution is 2.41. The topological polar surface area (TPSA) is 130 Å². The van der Waals surface area contributed by atoms with Crippen LogP contribution in [-0.2, 0) is 9.84 Å². The highest BCUT2D eigenvalue weighted by molar-refractivity contribution is 7.92. The maximum absolute atomic E-state index is 12.5. The number of nitrogens with one attached hydrogen (secondary N) is 1. The Bertz CT molecular complexity index is 1190. The number of anilines is 1. The Balaban J connectivity index is 1.80. The molecule has 0 aliphatic heterocycles. The van der Waals surface area contributed by atoms with Gasteiger partial charge in [-0.1, -0.05) is 5.10 Å². The summed E-state index contributed by atoms with van der Waals surface area (Å²) in [7, 11) is 1.04. The van der Waals surface area contributed by atoms with Gasteiger partial charge in [-0.25, -0.2) is 8.42 Å². The molecule has 0 atom stereocenters. The summed E-state index contributed by atoms with van der Waals surface area (Å²) in [4.78, 5) is 12.6. The van der Waals surface area contributed by atoms with Crippen molar-refractivity contribution in [2.75, 3.05) is 26.6 Å². The molecule has 11 heteroatoms. The minimum atomic E-state index is -3.42. The predicted octanol–water partition coefficient (Wildman–Crippen LogP) is 3.20. The molecule has 1 aromatic heterocycles. The highest BCUT2D eigenvalue weighted by Gasteiger charge is 2.21. The van der Waals surface area contributed by atoms with Gasteiger partial charge in [0.25, 0.3) is 5.91 Å². The number of benzene rings is 2. The van der Waals surface area contributed by atoms with E-state index < -0.39 is 21.0 Å². The molecule has 0 aliphatic carbocycles.